The third-order valence-electron chi connectivity index (χ3n) is 2.94. The van der Waals surface area contributed by atoms with Crippen LogP contribution >= 0.6 is 0 Å². The maximum Gasteiger partial charge on any atom is 0.334 e. The average Bonchev–Trinajstić information content (AvgIpc) is 2.58. The molecule has 6 nitrogen and oxygen atoms in total. The average molecular weight is 239 g/mol. The molecule has 1 N–H and O–H groups in total. The quantitative estimate of drug-likeness (QED) is 0.805. The predicted molar refractivity (Wildman–Crippen MR) is 60.6 cm³/mol. The molecular weight excluding hydrogens is 222 g/mol. The number of ether oxygens (including phenoxy) is 1. The molecule has 0 spiro atoms. The fourth-order valence-electron chi connectivity index (χ4n) is 2.04. The lowest BCUT2D eigenvalue weighted by atomic mass is 10.2. The highest BCUT2D eigenvalue weighted by Crippen LogP contribution is 2.12. The van der Waals surface area contributed by atoms with Crippen LogP contribution in [0.5, 0.6) is 0 Å². The van der Waals surface area contributed by atoms with Gasteiger partial charge in [0, 0.05) is 38.4 Å². The number of aromatic nitrogens is 2. The van der Waals surface area contributed by atoms with E-state index in [1.807, 2.05) is 20.2 Å². The summed E-state index contributed by atoms with van der Waals surface area (Å²) >= 11 is 0. The van der Waals surface area contributed by atoms with Crippen LogP contribution in [0.1, 0.15) is 11.3 Å². The van der Waals surface area contributed by atoms with Crippen molar-refractivity contribution in [1.82, 2.24) is 14.7 Å². The van der Waals surface area contributed by atoms with Gasteiger partial charge in [0.2, 0.25) is 0 Å². The molecule has 17 heavy (non-hydrogen) atoms. The zero-order chi connectivity index (χ0) is 12.4. The van der Waals surface area contributed by atoms with E-state index in [9.17, 15) is 4.79 Å². The minimum absolute atomic E-state index is 0.434. The highest BCUT2D eigenvalue weighted by atomic mass is 16.5. The molecule has 0 amide bonds. The SMILES string of the molecule is Cc1nn(C)cc1CN1CCOC(C(=O)O)C1. The largest absolute Gasteiger partial charge is 0.479 e. The highest BCUT2D eigenvalue weighted by molar-refractivity contribution is 5.72. The molecule has 1 aliphatic heterocycles. The first-order chi connectivity index (χ1) is 8.06. The van der Waals surface area contributed by atoms with E-state index in [0.29, 0.717) is 13.2 Å². The Morgan fingerprint density at radius 1 is 1.71 bits per heavy atom. The standard InChI is InChI=1S/C11H17N3O3/c1-8-9(5-13(2)12-8)6-14-3-4-17-10(7-14)11(15)16/h5,10H,3-4,6-7H2,1-2H3,(H,15,16). The van der Waals surface area contributed by atoms with Gasteiger partial charge in [-0.25, -0.2) is 4.79 Å². The van der Waals surface area contributed by atoms with Crippen molar-refractivity contribution in [3.63, 3.8) is 0 Å². The Bertz CT molecular complexity index is 416. The molecule has 1 saturated heterocycles. The Morgan fingerprint density at radius 2 is 2.47 bits per heavy atom. The van der Waals surface area contributed by atoms with Gasteiger partial charge >= 0.3 is 5.97 Å². The molecule has 0 saturated carbocycles. The van der Waals surface area contributed by atoms with E-state index in [2.05, 4.69) is 10.00 Å². The van der Waals surface area contributed by atoms with Crippen LogP contribution in [0.15, 0.2) is 6.20 Å². The third kappa shape index (κ3) is 2.83. The first kappa shape index (κ1) is 12.1. The third-order valence-corrected chi connectivity index (χ3v) is 2.94. The summed E-state index contributed by atoms with van der Waals surface area (Å²) in [5.74, 6) is -0.891. The Hall–Kier alpha value is -1.40. The predicted octanol–water partition coefficient (Wildman–Crippen LogP) is 0.0139. The summed E-state index contributed by atoms with van der Waals surface area (Å²) in [6.07, 6.45) is 1.27. The molecule has 0 aromatic carbocycles. The second-order valence-corrected chi connectivity index (χ2v) is 4.35. The summed E-state index contributed by atoms with van der Waals surface area (Å²) in [5.41, 5.74) is 2.13. The van der Waals surface area contributed by atoms with Crippen molar-refractivity contribution in [2.75, 3.05) is 19.7 Å². The molecule has 0 aliphatic carbocycles. The summed E-state index contributed by atoms with van der Waals surface area (Å²) in [5, 5.41) is 13.2. The van der Waals surface area contributed by atoms with Crippen molar-refractivity contribution < 1.29 is 14.6 Å². The summed E-state index contributed by atoms with van der Waals surface area (Å²) in [4.78, 5) is 12.9. The van der Waals surface area contributed by atoms with Crippen molar-refractivity contribution >= 4 is 5.97 Å². The fourth-order valence-corrected chi connectivity index (χ4v) is 2.04. The Kier molecular flexibility index (Phi) is 3.44. The van der Waals surface area contributed by atoms with Crippen LogP contribution in [-0.4, -0.2) is 51.6 Å². The van der Waals surface area contributed by atoms with E-state index in [-0.39, 0.29) is 0 Å². The van der Waals surface area contributed by atoms with E-state index in [4.69, 9.17) is 9.84 Å². The van der Waals surface area contributed by atoms with E-state index < -0.39 is 12.1 Å². The van der Waals surface area contributed by atoms with E-state index in [0.717, 1.165) is 24.3 Å². The number of hydrogen-bond donors (Lipinski definition) is 1. The van der Waals surface area contributed by atoms with Crippen LogP contribution < -0.4 is 0 Å². The van der Waals surface area contributed by atoms with Crippen LogP contribution in [0.2, 0.25) is 0 Å². The molecule has 1 aliphatic rings. The zero-order valence-corrected chi connectivity index (χ0v) is 10.1. The lowest BCUT2D eigenvalue weighted by Gasteiger charge is -2.30. The van der Waals surface area contributed by atoms with Gasteiger partial charge in [-0.3, -0.25) is 9.58 Å². The Morgan fingerprint density at radius 3 is 3.06 bits per heavy atom. The normalized spacial score (nSPS) is 21.6. The molecule has 2 heterocycles. The Labute approximate surface area is 99.8 Å². The number of aryl methyl sites for hydroxylation is 2. The van der Waals surface area contributed by atoms with Crippen molar-refractivity contribution in [1.29, 1.82) is 0 Å². The maximum absolute atomic E-state index is 10.9. The van der Waals surface area contributed by atoms with E-state index in [1.54, 1.807) is 4.68 Å². The molecule has 1 unspecified atom stereocenters. The van der Waals surface area contributed by atoms with Gasteiger partial charge in [-0.2, -0.15) is 5.10 Å². The number of nitrogens with zero attached hydrogens (tertiary/aromatic N) is 3. The van der Waals surface area contributed by atoms with Crippen LogP contribution in [-0.2, 0) is 23.1 Å². The van der Waals surface area contributed by atoms with Gasteiger partial charge in [-0.1, -0.05) is 0 Å². The molecule has 1 aromatic rings. The van der Waals surface area contributed by atoms with Gasteiger partial charge in [0.05, 0.1) is 12.3 Å². The van der Waals surface area contributed by atoms with Crippen molar-refractivity contribution in [3.05, 3.63) is 17.5 Å². The van der Waals surface area contributed by atoms with Crippen molar-refractivity contribution in [2.45, 2.75) is 19.6 Å². The maximum atomic E-state index is 10.9. The number of rotatable bonds is 3. The van der Waals surface area contributed by atoms with Crippen molar-refractivity contribution in [3.8, 4) is 0 Å². The highest BCUT2D eigenvalue weighted by Gasteiger charge is 2.26. The number of hydrogen-bond acceptors (Lipinski definition) is 4. The van der Waals surface area contributed by atoms with Gasteiger partial charge in [-0.05, 0) is 6.92 Å². The number of carboxylic acids is 1. The van der Waals surface area contributed by atoms with Gasteiger partial charge in [-0.15, -0.1) is 0 Å². The molecule has 0 radical (unpaired) electrons. The van der Waals surface area contributed by atoms with Gasteiger partial charge in [0.25, 0.3) is 0 Å². The summed E-state index contributed by atoms with van der Waals surface area (Å²) in [7, 11) is 1.88. The zero-order valence-electron chi connectivity index (χ0n) is 10.1. The number of carboxylic acid groups (broad SMARTS) is 1. The second kappa shape index (κ2) is 4.85. The molecule has 0 bridgehead atoms. The first-order valence-electron chi connectivity index (χ1n) is 5.62. The minimum Gasteiger partial charge on any atom is -0.479 e. The molecule has 94 valence electrons. The number of morpholine rings is 1. The molecule has 1 aromatic heterocycles. The Balaban J connectivity index is 1.99. The lowest BCUT2D eigenvalue weighted by molar-refractivity contribution is -0.156. The monoisotopic (exact) mass is 239 g/mol. The van der Waals surface area contributed by atoms with E-state index in [1.165, 1.54) is 0 Å². The molecule has 1 fully saturated rings. The second-order valence-electron chi connectivity index (χ2n) is 4.35. The topological polar surface area (TPSA) is 67.6 Å². The number of carbonyl (C=O) groups is 1. The molecule has 6 heteroatoms. The fraction of sp³-hybridized carbons (Fsp3) is 0.636. The number of aliphatic carboxylic acids is 1. The summed E-state index contributed by atoms with van der Waals surface area (Å²) in [6.45, 7) is 4.36. The molecule has 1 atom stereocenters. The van der Waals surface area contributed by atoms with Gasteiger partial charge in [0.1, 0.15) is 0 Å². The van der Waals surface area contributed by atoms with Crippen LogP contribution in [0.25, 0.3) is 0 Å². The molecule has 2 rings (SSSR count). The van der Waals surface area contributed by atoms with Crippen LogP contribution in [0.3, 0.4) is 0 Å². The van der Waals surface area contributed by atoms with Crippen molar-refractivity contribution in [2.24, 2.45) is 7.05 Å². The smallest absolute Gasteiger partial charge is 0.334 e. The molecular formula is C11H17N3O3. The first-order valence-corrected chi connectivity index (χ1v) is 5.62. The van der Waals surface area contributed by atoms with Crippen LogP contribution in [0.4, 0.5) is 0 Å². The summed E-state index contributed by atoms with van der Waals surface area (Å²) < 4.78 is 6.96. The summed E-state index contributed by atoms with van der Waals surface area (Å²) in [6, 6.07) is 0. The van der Waals surface area contributed by atoms with Gasteiger partial charge in [0.15, 0.2) is 6.10 Å². The van der Waals surface area contributed by atoms with Crippen LogP contribution in [0, 0.1) is 6.92 Å². The lowest BCUT2D eigenvalue weighted by Crippen LogP contribution is -2.45. The van der Waals surface area contributed by atoms with E-state index >= 15 is 0 Å². The minimum atomic E-state index is -0.891. The van der Waals surface area contributed by atoms with Gasteiger partial charge < -0.3 is 9.84 Å².